The van der Waals surface area contributed by atoms with Gasteiger partial charge in [-0.2, -0.15) is 0 Å². The summed E-state index contributed by atoms with van der Waals surface area (Å²) in [5.74, 6) is 2.06. The van der Waals surface area contributed by atoms with Crippen molar-refractivity contribution in [3.05, 3.63) is 77.7 Å². The highest BCUT2D eigenvalue weighted by molar-refractivity contribution is 7.99. The molecule has 0 bridgehead atoms. The Morgan fingerprint density at radius 2 is 2.00 bits per heavy atom. The maximum atomic E-state index is 12.2. The number of rotatable bonds is 7. The number of hydrogen-bond donors (Lipinski definition) is 2. The first-order valence-corrected chi connectivity index (χ1v) is 9.80. The first-order chi connectivity index (χ1) is 12.6. The summed E-state index contributed by atoms with van der Waals surface area (Å²) in [5.41, 5.74) is 4.52. The lowest BCUT2D eigenvalue weighted by Gasteiger charge is -2.11. The fourth-order valence-corrected chi connectivity index (χ4v) is 3.52. The molecule has 4 nitrogen and oxygen atoms in total. The van der Waals surface area contributed by atoms with E-state index in [0.717, 1.165) is 22.8 Å². The first kappa shape index (κ1) is 18.3. The van der Waals surface area contributed by atoms with Gasteiger partial charge in [-0.3, -0.25) is 4.79 Å². The molecule has 1 amide bonds. The molecule has 5 heteroatoms. The van der Waals surface area contributed by atoms with E-state index in [4.69, 9.17) is 0 Å². The van der Waals surface area contributed by atoms with Gasteiger partial charge in [0.2, 0.25) is 5.91 Å². The van der Waals surface area contributed by atoms with E-state index in [1.54, 1.807) is 18.0 Å². The van der Waals surface area contributed by atoms with E-state index in [-0.39, 0.29) is 11.9 Å². The van der Waals surface area contributed by atoms with Crippen LogP contribution in [0, 0.1) is 6.92 Å². The third-order valence-electron chi connectivity index (χ3n) is 4.05. The number of hydrogen-bond acceptors (Lipinski definition) is 3. The van der Waals surface area contributed by atoms with Gasteiger partial charge in [0.25, 0.3) is 0 Å². The number of amides is 1. The third kappa shape index (κ3) is 4.99. The number of thioether (sulfide) groups is 1. The minimum absolute atomic E-state index is 0.0211. The van der Waals surface area contributed by atoms with Crippen molar-refractivity contribution in [1.29, 1.82) is 0 Å². The normalized spacial score (nSPS) is 11.9. The number of carbonyl (C=O) groups excluding carboxylic acids is 1. The zero-order valence-electron chi connectivity index (χ0n) is 15.0. The summed E-state index contributed by atoms with van der Waals surface area (Å²) in [6, 6.07) is 18.3. The molecule has 0 aliphatic carbocycles. The van der Waals surface area contributed by atoms with Gasteiger partial charge in [-0.1, -0.05) is 60.2 Å². The van der Waals surface area contributed by atoms with E-state index in [1.807, 2.05) is 37.3 Å². The zero-order valence-corrected chi connectivity index (χ0v) is 15.8. The smallest absolute Gasteiger partial charge is 0.230 e. The molecule has 0 aliphatic heterocycles. The number of aromatic nitrogens is 2. The van der Waals surface area contributed by atoms with Gasteiger partial charge in [0.1, 0.15) is 5.82 Å². The highest BCUT2D eigenvalue weighted by atomic mass is 32.2. The summed E-state index contributed by atoms with van der Waals surface area (Å²) >= 11 is 1.62. The van der Waals surface area contributed by atoms with Gasteiger partial charge in [-0.25, -0.2) is 4.98 Å². The molecule has 26 heavy (non-hydrogen) atoms. The zero-order chi connectivity index (χ0) is 18.4. The Kier molecular flexibility index (Phi) is 6.12. The van der Waals surface area contributed by atoms with Gasteiger partial charge in [0, 0.05) is 5.75 Å². The van der Waals surface area contributed by atoms with Crippen LogP contribution in [-0.2, 0) is 10.5 Å². The predicted octanol–water partition coefficient (Wildman–Crippen LogP) is 4.50. The monoisotopic (exact) mass is 365 g/mol. The topological polar surface area (TPSA) is 57.8 Å². The molecule has 1 atom stereocenters. The molecule has 0 fully saturated rings. The van der Waals surface area contributed by atoms with Crippen LogP contribution in [0.3, 0.4) is 0 Å². The van der Waals surface area contributed by atoms with Crippen molar-refractivity contribution < 1.29 is 4.79 Å². The summed E-state index contributed by atoms with van der Waals surface area (Å²) in [6.07, 6.45) is 1.81. The van der Waals surface area contributed by atoms with E-state index in [0.29, 0.717) is 5.75 Å². The van der Waals surface area contributed by atoms with Crippen molar-refractivity contribution in [2.24, 2.45) is 0 Å². The van der Waals surface area contributed by atoms with E-state index in [9.17, 15) is 4.79 Å². The van der Waals surface area contributed by atoms with Crippen LogP contribution < -0.4 is 5.32 Å². The standard InChI is InChI=1S/C21H23N3OS/c1-15-7-6-8-17(11-15)13-26-14-20(25)23-16(2)21-22-12-19(24-21)18-9-4-3-5-10-18/h3-12,16H,13-14H2,1-2H3,(H,22,24)(H,23,25). The van der Waals surface area contributed by atoms with Crippen LogP contribution in [0.2, 0.25) is 0 Å². The fourth-order valence-electron chi connectivity index (χ4n) is 2.74. The van der Waals surface area contributed by atoms with Crippen molar-refractivity contribution in [3.8, 4) is 11.3 Å². The average molecular weight is 366 g/mol. The number of nitrogens with one attached hydrogen (secondary N) is 2. The van der Waals surface area contributed by atoms with Crippen molar-refractivity contribution in [2.75, 3.05) is 5.75 Å². The van der Waals surface area contributed by atoms with Gasteiger partial charge < -0.3 is 10.3 Å². The molecular formula is C21H23N3OS. The third-order valence-corrected chi connectivity index (χ3v) is 5.06. The number of imidazole rings is 1. The molecule has 1 aromatic heterocycles. The van der Waals surface area contributed by atoms with Crippen LogP contribution in [0.5, 0.6) is 0 Å². The van der Waals surface area contributed by atoms with Gasteiger partial charge in [-0.05, 0) is 25.0 Å². The van der Waals surface area contributed by atoms with Gasteiger partial charge >= 0.3 is 0 Å². The van der Waals surface area contributed by atoms with Gasteiger partial charge in [-0.15, -0.1) is 11.8 Å². The van der Waals surface area contributed by atoms with Crippen LogP contribution in [-0.4, -0.2) is 21.6 Å². The molecule has 0 aliphatic rings. The Labute approximate surface area is 158 Å². The minimum Gasteiger partial charge on any atom is -0.346 e. The molecule has 0 saturated carbocycles. The second-order valence-electron chi connectivity index (χ2n) is 6.32. The second kappa shape index (κ2) is 8.72. The second-order valence-corrected chi connectivity index (χ2v) is 7.30. The Bertz CT molecular complexity index is 860. The number of H-pyrrole nitrogens is 1. The first-order valence-electron chi connectivity index (χ1n) is 8.65. The van der Waals surface area contributed by atoms with Crippen molar-refractivity contribution in [1.82, 2.24) is 15.3 Å². The van der Waals surface area contributed by atoms with Gasteiger partial charge in [0.15, 0.2) is 0 Å². The average Bonchev–Trinajstić information content (AvgIpc) is 3.13. The Morgan fingerprint density at radius 1 is 1.19 bits per heavy atom. The Balaban J connectivity index is 1.49. The fraction of sp³-hybridized carbons (Fsp3) is 0.238. The van der Waals surface area contributed by atoms with Crippen molar-refractivity contribution in [2.45, 2.75) is 25.6 Å². The van der Waals surface area contributed by atoms with E-state index in [2.05, 4.69) is 46.5 Å². The molecular weight excluding hydrogens is 342 g/mol. The SMILES string of the molecule is Cc1cccc(CSCC(=O)NC(C)c2ncc(-c3ccccc3)[nH]2)c1. The molecule has 134 valence electrons. The van der Waals surface area contributed by atoms with Crippen LogP contribution in [0.1, 0.15) is 29.9 Å². The maximum Gasteiger partial charge on any atom is 0.230 e. The summed E-state index contributed by atoms with van der Waals surface area (Å²) < 4.78 is 0. The summed E-state index contributed by atoms with van der Waals surface area (Å²) in [5, 5.41) is 3.01. The molecule has 3 rings (SSSR count). The number of aryl methyl sites for hydroxylation is 1. The maximum absolute atomic E-state index is 12.2. The van der Waals surface area contributed by atoms with Crippen LogP contribution in [0.4, 0.5) is 0 Å². The summed E-state index contributed by atoms with van der Waals surface area (Å²) in [6.45, 7) is 4.02. The molecule has 0 radical (unpaired) electrons. The van der Waals surface area contributed by atoms with Crippen LogP contribution >= 0.6 is 11.8 Å². The molecule has 0 saturated heterocycles. The summed E-state index contributed by atoms with van der Waals surface area (Å²) in [4.78, 5) is 19.9. The van der Waals surface area contributed by atoms with Crippen molar-refractivity contribution in [3.63, 3.8) is 0 Å². The molecule has 1 heterocycles. The lowest BCUT2D eigenvalue weighted by molar-refractivity contribution is -0.119. The van der Waals surface area contributed by atoms with Gasteiger partial charge in [0.05, 0.1) is 23.7 Å². The number of nitrogens with zero attached hydrogens (tertiary/aromatic N) is 1. The largest absolute Gasteiger partial charge is 0.346 e. The quantitative estimate of drug-likeness (QED) is 0.648. The Morgan fingerprint density at radius 3 is 2.77 bits per heavy atom. The van der Waals surface area contributed by atoms with Crippen molar-refractivity contribution >= 4 is 17.7 Å². The molecule has 2 N–H and O–H groups in total. The number of aromatic amines is 1. The van der Waals surface area contributed by atoms with E-state index >= 15 is 0 Å². The molecule has 0 spiro atoms. The number of carbonyl (C=O) groups is 1. The van der Waals surface area contributed by atoms with E-state index in [1.165, 1.54) is 11.1 Å². The number of benzene rings is 2. The van der Waals surface area contributed by atoms with E-state index < -0.39 is 0 Å². The molecule has 3 aromatic rings. The lowest BCUT2D eigenvalue weighted by atomic mass is 10.2. The summed E-state index contributed by atoms with van der Waals surface area (Å²) in [7, 11) is 0. The van der Waals surface area contributed by atoms with Crippen LogP contribution in [0.25, 0.3) is 11.3 Å². The molecule has 2 aromatic carbocycles. The minimum atomic E-state index is -0.153. The highest BCUT2D eigenvalue weighted by Crippen LogP contribution is 2.19. The lowest BCUT2D eigenvalue weighted by Crippen LogP contribution is -2.28. The Hall–Kier alpha value is -2.53. The van der Waals surface area contributed by atoms with Crippen LogP contribution in [0.15, 0.2) is 60.8 Å². The predicted molar refractivity (Wildman–Crippen MR) is 108 cm³/mol. The molecule has 1 unspecified atom stereocenters. The highest BCUT2D eigenvalue weighted by Gasteiger charge is 2.13.